The second-order valence-electron chi connectivity index (χ2n) is 8.77. The lowest BCUT2D eigenvalue weighted by atomic mass is 10.1. The van der Waals surface area contributed by atoms with Crippen LogP contribution in [0.25, 0.3) is 0 Å². The second-order valence-corrected chi connectivity index (χ2v) is 8.77. The molecule has 7 heteroatoms. The summed E-state index contributed by atoms with van der Waals surface area (Å²) in [6, 6.07) is 9.70. The number of benzene rings is 1. The molecule has 0 saturated carbocycles. The Bertz CT molecular complexity index is 674. The van der Waals surface area contributed by atoms with Gasteiger partial charge in [0.25, 0.3) is 0 Å². The largest absolute Gasteiger partial charge is 0.460 e. The van der Waals surface area contributed by atoms with E-state index >= 15 is 0 Å². The highest BCUT2D eigenvalue weighted by Crippen LogP contribution is 2.22. The number of carbonyl (C=O) groups excluding carboxylic acids is 2. The molecule has 2 aliphatic heterocycles. The minimum atomic E-state index is -0.474. The molecule has 0 radical (unpaired) electrons. The van der Waals surface area contributed by atoms with Crippen LogP contribution in [0.15, 0.2) is 30.3 Å². The van der Waals surface area contributed by atoms with Gasteiger partial charge in [-0.1, -0.05) is 30.3 Å². The monoisotopic (exact) mass is 404 g/mol. The molecule has 0 aromatic heterocycles. The fourth-order valence-corrected chi connectivity index (χ4v) is 3.44. The minimum absolute atomic E-state index is 0.0786. The first-order valence-corrected chi connectivity index (χ1v) is 10.3. The smallest absolute Gasteiger partial charge is 0.410 e. The number of nitrogens with zero attached hydrogens (tertiary/aromatic N) is 2. The summed E-state index contributed by atoms with van der Waals surface area (Å²) in [5.74, 6) is -0.194. The van der Waals surface area contributed by atoms with E-state index in [2.05, 4.69) is 4.90 Å². The molecular weight excluding hydrogens is 372 g/mol. The van der Waals surface area contributed by atoms with Gasteiger partial charge in [0, 0.05) is 13.1 Å². The van der Waals surface area contributed by atoms with Crippen molar-refractivity contribution in [3.05, 3.63) is 35.9 Å². The molecule has 0 atom stereocenters. The summed E-state index contributed by atoms with van der Waals surface area (Å²) in [6.07, 6.45) is 1.75. The molecule has 1 aromatic carbocycles. The number of likely N-dealkylation sites (tertiary alicyclic amines) is 2. The van der Waals surface area contributed by atoms with Gasteiger partial charge in [0.2, 0.25) is 0 Å². The summed E-state index contributed by atoms with van der Waals surface area (Å²) in [6.45, 7) is 9.02. The van der Waals surface area contributed by atoms with Crippen molar-refractivity contribution in [3.8, 4) is 0 Å². The summed E-state index contributed by atoms with van der Waals surface area (Å²) >= 11 is 0. The lowest BCUT2D eigenvalue weighted by Crippen LogP contribution is -2.57. The zero-order valence-electron chi connectivity index (χ0n) is 17.6. The molecule has 2 aliphatic rings. The van der Waals surface area contributed by atoms with E-state index in [0.29, 0.717) is 26.2 Å². The Hall–Kier alpha value is -2.12. The average molecular weight is 405 g/mol. The van der Waals surface area contributed by atoms with Gasteiger partial charge in [0.05, 0.1) is 31.8 Å². The van der Waals surface area contributed by atoms with Gasteiger partial charge >= 0.3 is 12.1 Å². The Morgan fingerprint density at radius 3 is 2.31 bits per heavy atom. The molecule has 0 aliphatic carbocycles. The third-order valence-electron chi connectivity index (χ3n) is 5.01. The van der Waals surface area contributed by atoms with Gasteiger partial charge < -0.3 is 19.1 Å². The van der Waals surface area contributed by atoms with Crippen LogP contribution in [0.4, 0.5) is 4.79 Å². The molecule has 2 heterocycles. The van der Waals surface area contributed by atoms with Crippen LogP contribution < -0.4 is 0 Å². The molecule has 1 aromatic rings. The van der Waals surface area contributed by atoms with Gasteiger partial charge in [0.15, 0.2) is 0 Å². The maximum absolute atomic E-state index is 12.1. The maximum atomic E-state index is 12.1. The minimum Gasteiger partial charge on any atom is -0.460 e. The van der Waals surface area contributed by atoms with Crippen molar-refractivity contribution in [2.75, 3.05) is 32.7 Å². The first-order valence-electron chi connectivity index (χ1n) is 10.3. The summed E-state index contributed by atoms with van der Waals surface area (Å²) in [4.78, 5) is 27.8. The molecule has 3 rings (SSSR count). The summed E-state index contributed by atoms with van der Waals surface area (Å²) < 4.78 is 16.8. The average Bonchev–Trinajstić information content (AvgIpc) is 2.63. The quantitative estimate of drug-likeness (QED) is 0.679. The molecule has 2 saturated heterocycles. The predicted octanol–water partition coefficient (Wildman–Crippen LogP) is 2.83. The summed E-state index contributed by atoms with van der Waals surface area (Å²) in [5, 5.41) is 0. The lowest BCUT2D eigenvalue weighted by molar-refractivity contribution is -0.147. The Morgan fingerprint density at radius 1 is 1.03 bits per heavy atom. The zero-order valence-corrected chi connectivity index (χ0v) is 17.6. The summed E-state index contributed by atoms with van der Waals surface area (Å²) in [7, 11) is 0. The van der Waals surface area contributed by atoms with E-state index < -0.39 is 5.60 Å². The molecule has 2 fully saturated rings. The van der Waals surface area contributed by atoms with Crippen LogP contribution in [0.3, 0.4) is 0 Å². The number of ether oxygens (including phenoxy) is 3. The first kappa shape index (κ1) is 21.6. The Labute approximate surface area is 172 Å². The van der Waals surface area contributed by atoms with Crippen molar-refractivity contribution in [1.29, 1.82) is 0 Å². The Morgan fingerprint density at radius 2 is 1.69 bits per heavy atom. The van der Waals surface area contributed by atoms with Gasteiger partial charge in [-0.25, -0.2) is 4.79 Å². The van der Waals surface area contributed by atoms with E-state index in [4.69, 9.17) is 14.2 Å². The van der Waals surface area contributed by atoms with Crippen molar-refractivity contribution in [3.63, 3.8) is 0 Å². The number of carbonyl (C=O) groups is 2. The molecule has 0 N–H and O–H groups in total. The number of piperidine rings is 1. The van der Waals surface area contributed by atoms with E-state index in [-0.39, 0.29) is 24.3 Å². The molecule has 0 spiro atoms. The second kappa shape index (κ2) is 9.59. The van der Waals surface area contributed by atoms with Crippen LogP contribution in [0.5, 0.6) is 0 Å². The van der Waals surface area contributed by atoms with Crippen LogP contribution in [0.2, 0.25) is 0 Å². The molecule has 0 bridgehead atoms. The number of rotatable bonds is 6. The van der Waals surface area contributed by atoms with Crippen molar-refractivity contribution < 1.29 is 23.8 Å². The van der Waals surface area contributed by atoms with Crippen molar-refractivity contribution in [2.45, 2.75) is 58.0 Å². The van der Waals surface area contributed by atoms with E-state index in [9.17, 15) is 9.59 Å². The van der Waals surface area contributed by atoms with E-state index in [1.54, 1.807) is 4.90 Å². The fraction of sp³-hybridized carbons (Fsp3) is 0.636. The van der Waals surface area contributed by atoms with E-state index in [1.165, 1.54) is 0 Å². The molecule has 7 nitrogen and oxygen atoms in total. The fourth-order valence-electron chi connectivity index (χ4n) is 3.44. The highest BCUT2D eigenvalue weighted by molar-refractivity contribution is 5.71. The third-order valence-corrected chi connectivity index (χ3v) is 5.01. The van der Waals surface area contributed by atoms with Crippen LogP contribution in [-0.4, -0.2) is 72.4 Å². The van der Waals surface area contributed by atoms with Crippen molar-refractivity contribution in [2.24, 2.45) is 0 Å². The molecule has 0 unspecified atom stereocenters. The van der Waals surface area contributed by atoms with Crippen LogP contribution in [0.1, 0.15) is 39.2 Å². The summed E-state index contributed by atoms with van der Waals surface area (Å²) in [5.41, 5.74) is 0.520. The number of amides is 1. The number of hydrogen-bond acceptors (Lipinski definition) is 6. The van der Waals surface area contributed by atoms with Gasteiger partial charge in [-0.05, 0) is 39.2 Å². The third kappa shape index (κ3) is 7.01. The van der Waals surface area contributed by atoms with E-state index in [0.717, 1.165) is 31.5 Å². The van der Waals surface area contributed by atoms with Crippen LogP contribution in [-0.2, 0) is 25.6 Å². The predicted molar refractivity (Wildman–Crippen MR) is 108 cm³/mol. The lowest BCUT2D eigenvalue weighted by Gasteiger charge is -2.42. The Kier molecular flexibility index (Phi) is 7.14. The molecule has 29 heavy (non-hydrogen) atoms. The molecular formula is C22H32N2O5. The van der Waals surface area contributed by atoms with Crippen LogP contribution in [0, 0.1) is 0 Å². The maximum Gasteiger partial charge on any atom is 0.410 e. The van der Waals surface area contributed by atoms with Crippen molar-refractivity contribution in [1.82, 2.24) is 9.80 Å². The van der Waals surface area contributed by atoms with Gasteiger partial charge in [-0.3, -0.25) is 9.69 Å². The normalized spacial score (nSPS) is 18.9. The van der Waals surface area contributed by atoms with Crippen molar-refractivity contribution >= 4 is 12.1 Å². The zero-order chi connectivity index (χ0) is 20.9. The molecule has 160 valence electrons. The van der Waals surface area contributed by atoms with Gasteiger partial charge in [0.1, 0.15) is 12.2 Å². The number of hydrogen-bond donors (Lipinski definition) is 0. The first-order chi connectivity index (χ1) is 13.8. The topological polar surface area (TPSA) is 68.3 Å². The van der Waals surface area contributed by atoms with E-state index in [1.807, 2.05) is 51.1 Å². The Balaban J connectivity index is 1.28. The van der Waals surface area contributed by atoms with Crippen LogP contribution >= 0.6 is 0 Å². The van der Waals surface area contributed by atoms with Gasteiger partial charge in [-0.15, -0.1) is 0 Å². The highest BCUT2D eigenvalue weighted by Gasteiger charge is 2.36. The highest BCUT2D eigenvalue weighted by atomic mass is 16.6. The number of esters is 1. The SMILES string of the molecule is CC(C)(C)OC(=O)N1CC(OC2CCN(CC(=O)OCc3ccccc3)CC2)C1. The molecule has 1 amide bonds. The standard InChI is InChI=1S/C22H32N2O5/c1-22(2,3)29-21(26)24-13-19(14-24)28-18-9-11-23(12-10-18)15-20(25)27-16-17-7-5-4-6-8-17/h4-8,18-19H,9-16H2,1-3H3. The van der Waals surface area contributed by atoms with Gasteiger partial charge in [-0.2, -0.15) is 0 Å².